The van der Waals surface area contributed by atoms with Crippen LogP contribution in [-0.2, 0) is 27.7 Å². The average molecular weight is 499 g/mol. The van der Waals surface area contributed by atoms with Crippen LogP contribution in [0.3, 0.4) is 0 Å². The summed E-state index contributed by atoms with van der Waals surface area (Å²) in [4.78, 5) is 25.5. The molecule has 7 nitrogen and oxygen atoms in total. The number of fused-ring (bicyclic) bond motifs is 8. The quantitative estimate of drug-likeness (QED) is 0.267. The molecule has 2 aromatic rings. The van der Waals surface area contributed by atoms with E-state index in [9.17, 15) is 14.2 Å². The average Bonchev–Trinajstić information content (AvgIpc) is 3.46. The Bertz CT molecular complexity index is 1240. The lowest BCUT2D eigenvalue weighted by Gasteiger charge is -2.38. The lowest BCUT2D eigenvalue weighted by atomic mass is 9.81. The van der Waals surface area contributed by atoms with E-state index in [1.54, 1.807) is 14.2 Å². The van der Waals surface area contributed by atoms with Crippen LogP contribution in [0.15, 0.2) is 48.5 Å². The minimum absolute atomic E-state index is 0.0212. The molecule has 34 heavy (non-hydrogen) atoms. The number of cyclic esters (lactones) is 2. The fraction of sp³-hybridized carbons (Fsp3) is 0.440. The van der Waals surface area contributed by atoms with E-state index < -0.39 is 39.7 Å². The van der Waals surface area contributed by atoms with Crippen LogP contribution in [0.5, 0.6) is 5.75 Å². The van der Waals surface area contributed by atoms with Gasteiger partial charge in [-0.25, -0.2) is 0 Å². The smallest absolute Gasteiger partial charge is 0.334 e. The second kappa shape index (κ2) is 7.62. The molecule has 4 aliphatic rings. The van der Waals surface area contributed by atoms with E-state index in [-0.39, 0.29) is 23.4 Å². The molecule has 178 valence electrons. The fourth-order valence-electron chi connectivity index (χ4n) is 6.98. The van der Waals surface area contributed by atoms with E-state index in [2.05, 4.69) is 0 Å². The molecule has 2 heterocycles. The van der Waals surface area contributed by atoms with Gasteiger partial charge in [0, 0.05) is 19.8 Å². The van der Waals surface area contributed by atoms with Gasteiger partial charge in [0.1, 0.15) is 5.75 Å². The molecule has 2 saturated carbocycles. The minimum atomic E-state index is -3.43. The van der Waals surface area contributed by atoms with Gasteiger partial charge in [0.25, 0.3) is 7.37 Å². The number of esters is 2. The van der Waals surface area contributed by atoms with Crippen LogP contribution in [-0.4, -0.2) is 40.4 Å². The van der Waals surface area contributed by atoms with Crippen molar-refractivity contribution in [1.29, 1.82) is 0 Å². The third kappa shape index (κ3) is 2.92. The lowest BCUT2D eigenvalue weighted by Crippen LogP contribution is -2.41. The van der Waals surface area contributed by atoms with Crippen LogP contribution in [0.25, 0.3) is 11.1 Å². The Balaban J connectivity index is 1.47. The highest BCUT2D eigenvalue weighted by Crippen LogP contribution is 2.72. The van der Waals surface area contributed by atoms with Gasteiger partial charge in [0.15, 0.2) is 0 Å². The van der Waals surface area contributed by atoms with Crippen LogP contribution >= 0.6 is 7.37 Å². The van der Waals surface area contributed by atoms with Crippen molar-refractivity contribution in [3.8, 4) is 16.9 Å². The predicted octanol–water partition coefficient (Wildman–Crippen LogP) is 3.96. The molecule has 2 aliphatic carbocycles. The molecule has 3 fully saturated rings. The van der Waals surface area contributed by atoms with Crippen molar-refractivity contribution in [3.63, 3.8) is 0 Å². The van der Waals surface area contributed by atoms with Crippen molar-refractivity contribution in [1.82, 2.24) is 0 Å². The summed E-state index contributed by atoms with van der Waals surface area (Å²) in [5, 5.41) is 0.692. The maximum Gasteiger partial charge on any atom is 0.334 e. The summed E-state index contributed by atoms with van der Waals surface area (Å²) in [6, 6.07) is 15.9. The van der Waals surface area contributed by atoms with Gasteiger partial charge in [-0.15, -0.1) is 0 Å². The van der Waals surface area contributed by atoms with Crippen molar-refractivity contribution < 1.29 is 32.3 Å². The first-order chi connectivity index (χ1) is 16.3. The number of hydrogen-bond acceptors (Lipinski definition) is 7. The summed E-state index contributed by atoms with van der Waals surface area (Å²) >= 11 is 0. The first-order valence-corrected chi connectivity index (χ1v) is 15.9. The lowest BCUT2D eigenvalue weighted by molar-refractivity contribution is -0.155. The summed E-state index contributed by atoms with van der Waals surface area (Å²) in [5.41, 5.74) is 1.43. The van der Waals surface area contributed by atoms with Gasteiger partial charge in [-0.1, -0.05) is 36.4 Å². The van der Waals surface area contributed by atoms with Crippen molar-refractivity contribution in [2.24, 2.45) is 29.6 Å². The zero-order valence-electron chi connectivity index (χ0n) is 19.3. The van der Waals surface area contributed by atoms with Gasteiger partial charge in [-0.3, -0.25) is 14.2 Å². The third-order valence-corrected chi connectivity index (χ3v) is 14.5. The third-order valence-electron chi connectivity index (χ3n) is 8.57. The van der Waals surface area contributed by atoms with Crippen LogP contribution in [0.2, 0.25) is 12.6 Å². The molecule has 0 amide bonds. The van der Waals surface area contributed by atoms with E-state index in [1.807, 2.05) is 55.1 Å². The van der Waals surface area contributed by atoms with Gasteiger partial charge in [0.2, 0.25) is 0 Å². The van der Waals surface area contributed by atoms with Crippen LogP contribution in [0.4, 0.5) is 0 Å². The highest BCUT2D eigenvalue weighted by molar-refractivity contribution is 7.68. The minimum Gasteiger partial charge on any atom is -0.439 e. The molecular formula is C25H27O7PSi. The molecule has 9 heteroatoms. The Morgan fingerprint density at radius 2 is 1.62 bits per heavy atom. The highest BCUT2D eigenvalue weighted by Gasteiger charge is 2.71. The van der Waals surface area contributed by atoms with Gasteiger partial charge in [-0.05, 0) is 54.5 Å². The standard InChI is InChI=1S/C25H27O7PSi/c1-29-34(3,30-2)13-17-16-12-20(21(17)23-22(16)24(26)31-25(23)27)33(28)19-11-7-5-9-15(19)14-8-4-6-10-18(14)32-33/h4-11,16-17,20-23H,12-13H2,1-3H3. The second-order valence-electron chi connectivity index (χ2n) is 9.95. The Morgan fingerprint density at radius 1 is 0.971 bits per heavy atom. The Labute approximate surface area is 199 Å². The van der Waals surface area contributed by atoms with Crippen molar-refractivity contribution in [3.05, 3.63) is 48.5 Å². The van der Waals surface area contributed by atoms with Crippen molar-refractivity contribution in [2.45, 2.75) is 24.7 Å². The summed E-state index contributed by atoms with van der Waals surface area (Å²) in [7, 11) is -2.67. The molecule has 0 spiro atoms. The van der Waals surface area contributed by atoms with Crippen molar-refractivity contribution >= 4 is 33.2 Å². The first-order valence-electron chi connectivity index (χ1n) is 11.7. The van der Waals surface area contributed by atoms with Crippen LogP contribution < -0.4 is 9.83 Å². The zero-order chi connectivity index (χ0) is 23.8. The number of para-hydroxylation sites is 1. The summed E-state index contributed by atoms with van der Waals surface area (Å²) in [6.45, 7) is 1.99. The largest absolute Gasteiger partial charge is 0.439 e. The monoisotopic (exact) mass is 498 g/mol. The maximum atomic E-state index is 14.9. The van der Waals surface area contributed by atoms with E-state index in [4.69, 9.17) is 18.1 Å². The summed E-state index contributed by atoms with van der Waals surface area (Å²) in [6.07, 6.45) is 0.546. The van der Waals surface area contributed by atoms with Crippen LogP contribution in [0, 0.1) is 29.6 Å². The molecule has 6 rings (SSSR count). The number of carbonyl (C=O) groups is 2. The molecule has 1 saturated heterocycles. The summed E-state index contributed by atoms with van der Waals surface area (Å²) < 4.78 is 37.9. The molecular weight excluding hydrogens is 471 g/mol. The maximum absolute atomic E-state index is 14.9. The predicted molar refractivity (Wildman–Crippen MR) is 127 cm³/mol. The highest BCUT2D eigenvalue weighted by atomic mass is 31.2. The van der Waals surface area contributed by atoms with Crippen molar-refractivity contribution in [2.75, 3.05) is 14.2 Å². The Morgan fingerprint density at radius 3 is 2.35 bits per heavy atom. The number of rotatable bonds is 5. The van der Waals surface area contributed by atoms with Gasteiger partial charge < -0.3 is 18.1 Å². The Hall–Kier alpha value is -2.25. The van der Waals surface area contributed by atoms with Crippen LogP contribution in [0.1, 0.15) is 6.42 Å². The molecule has 2 aromatic carbocycles. The summed E-state index contributed by atoms with van der Waals surface area (Å²) in [5.74, 6) is -1.85. The number of ether oxygens (including phenoxy) is 1. The molecule has 0 radical (unpaired) electrons. The van der Waals surface area contributed by atoms with E-state index in [1.165, 1.54) is 0 Å². The van der Waals surface area contributed by atoms with E-state index in [0.29, 0.717) is 23.5 Å². The molecule has 7 atom stereocenters. The molecule has 2 bridgehead atoms. The topological polar surface area (TPSA) is 88.1 Å². The van der Waals surface area contributed by atoms with Gasteiger partial charge in [-0.2, -0.15) is 0 Å². The van der Waals surface area contributed by atoms with E-state index >= 15 is 0 Å². The molecule has 0 N–H and O–H groups in total. The SMILES string of the molecule is CO[Si](C)(CC1C2CC(P3(=O)Oc4ccccc4-c4ccccc43)C1C1C(=O)OC(=O)C21)OC. The number of carbonyl (C=O) groups excluding carboxylic acids is 2. The molecule has 2 aliphatic heterocycles. The Kier molecular flexibility index (Phi) is 4.98. The van der Waals surface area contributed by atoms with E-state index in [0.717, 1.165) is 11.1 Å². The zero-order valence-corrected chi connectivity index (χ0v) is 21.2. The molecule has 0 aromatic heterocycles. The second-order valence-corrected chi connectivity index (χ2v) is 16.0. The van der Waals surface area contributed by atoms with Gasteiger partial charge in [0.05, 0.1) is 22.8 Å². The number of benzene rings is 2. The first kappa shape index (κ1) is 22.2. The normalized spacial score (nSPS) is 35.4. The fourth-order valence-corrected chi connectivity index (χ4v) is 12.2. The number of hydrogen-bond donors (Lipinski definition) is 0. The molecule has 7 unspecified atom stereocenters. The van der Waals surface area contributed by atoms with Gasteiger partial charge >= 0.3 is 20.5 Å².